The summed E-state index contributed by atoms with van der Waals surface area (Å²) in [6.45, 7) is 10.6. The molecule has 12 heteroatoms. The first kappa shape index (κ1) is 48.3. The predicted octanol–water partition coefficient (Wildman–Crippen LogP) is 5.11. The fourth-order valence-corrected chi connectivity index (χ4v) is 9.56. The topological polar surface area (TPSA) is 131 Å². The predicted molar refractivity (Wildman–Crippen MR) is 204 cm³/mol. The van der Waals surface area contributed by atoms with Gasteiger partial charge in [-0.25, -0.2) is 16.8 Å². The Kier molecular flexibility index (Phi) is 20.8. The number of nitrogens with zero attached hydrogens (tertiary/aromatic N) is 3. The van der Waals surface area contributed by atoms with Crippen molar-refractivity contribution in [3.63, 3.8) is 0 Å². The van der Waals surface area contributed by atoms with Gasteiger partial charge in [0.05, 0.1) is 22.6 Å². The molecule has 5 unspecified atom stereocenters. The van der Waals surface area contributed by atoms with Crippen molar-refractivity contribution in [2.45, 2.75) is 103 Å². The third-order valence-corrected chi connectivity index (χ3v) is 12.2. The molecule has 4 rings (SSSR count). The third kappa shape index (κ3) is 11.6. The third-order valence-electron chi connectivity index (χ3n) is 10.3. The largest absolute Gasteiger partial charge is 0.412 e. The van der Waals surface area contributed by atoms with Crippen LogP contribution < -0.4 is 5.32 Å². The van der Waals surface area contributed by atoms with Crippen molar-refractivity contribution in [1.29, 1.82) is 0 Å². The quantitative estimate of drug-likeness (QED) is 0.332. The summed E-state index contributed by atoms with van der Waals surface area (Å²) < 4.78 is 47.5. The van der Waals surface area contributed by atoms with Gasteiger partial charge in [-0.3, -0.25) is 14.8 Å². The van der Waals surface area contributed by atoms with Gasteiger partial charge in [-0.2, -0.15) is 0 Å². The Balaban J connectivity index is 0.000000886. The molecule has 0 aliphatic carbocycles. The Morgan fingerprint density at radius 1 is 0.776 bits per heavy atom. The van der Waals surface area contributed by atoms with Crippen molar-refractivity contribution >= 4 is 25.4 Å². The van der Waals surface area contributed by atoms with Crippen LogP contribution in [-0.4, -0.2) is 107 Å². The van der Waals surface area contributed by atoms with Crippen LogP contribution in [0.1, 0.15) is 84.8 Å². The van der Waals surface area contributed by atoms with E-state index in [9.17, 15) is 16.8 Å². The molecular formula is C37H64AcN4O5S2. The Bertz CT molecular complexity index is 1500. The Hall–Kier alpha value is -0.708. The van der Waals surface area contributed by atoms with Gasteiger partial charge in [0.25, 0.3) is 0 Å². The number of hydrogen-bond donors (Lipinski definition) is 1. The fraction of sp³-hybridized carbons (Fsp3) is 0.649. The molecule has 0 spiro atoms. The summed E-state index contributed by atoms with van der Waals surface area (Å²) in [4.78, 5) is 9.52. The summed E-state index contributed by atoms with van der Waals surface area (Å²) in [5.41, 5.74) is 2.79. The van der Waals surface area contributed by atoms with Gasteiger partial charge in [-0.1, -0.05) is 81.9 Å². The molecule has 277 valence electrons. The van der Waals surface area contributed by atoms with Crippen LogP contribution in [0.15, 0.2) is 65.7 Å². The Morgan fingerprint density at radius 3 is 1.69 bits per heavy atom. The average molecular weight is 936 g/mol. The van der Waals surface area contributed by atoms with E-state index in [0.717, 1.165) is 50.0 Å². The van der Waals surface area contributed by atoms with Crippen LogP contribution in [0.25, 0.3) is 0 Å². The summed E-state index contributed by atoms with van der Waals surface area (Å²) in [5, 5.41) is 3.48. The van der Waals surface area contributed by atoms with Crippen LogP contribution in [0.2, 0.25) is 0 Å². The van der Waals surface area contributed by atoms with E-state index in [1.165, 1.54) is 18.1 Å². The van der Waals surface area contributed by atoms with Gasteiger partial charge in [0, 0.05) is 87.5 Å². The number of likely N-dealkylation sites (N-methyl/N-ethyl adjacent to an activating group) is 2. The van der Waals surface area contributed by atoms with Crippen LogP contribution >= 0.6 is 0 Å². The number of sulfone groups is 2. The molecule has 2 fully saturated rings. The molecule has 2 saturated heterocycles. The summed E-state index contributed by atoms with van der Waals surface area (Å²) in [6, 6.07) is 21.8. The number of nitrogens with one attached hydrogen (secondary N) is 1. The van der Waals surface area contributed by atoms with E-state index in [1.807, 2.05) is 38.4 Å². The van der Waals surface area contributed by atoms with E-state index in [0.29, 0.717) is 24.9 Å². The molecule has 3 N–H and O–H groups in total. The van der Waals surface area contributed by atoms with Gasteiger partial charge >= 0.3 is 0 Å². The minimum Gasteiger partial charge on any atom is -0.412 e. The number of benzene rings is 2. The molecule has 0 bridgehead atoms. The van der Waals surface area contributed by atoms with Gasteiger partial charge in [-0.05, 0) is 83.6 Å². The monoisotopic (exact) mass is 935 g/mol. The number of piperidine rings is 2. The minimum absolute atomic E-state index is 0. The second kappa shape index (κ2) is 21.1. The summed E-state index contributed by atoms with van der Waals surface area (Å²) in [5.74, 6) is 0.382. The van der Waals surface area contributed by atoms with Crippen molar-refractivity contribution in [2.75, 3.05) is 51.2 Å². The molecule has 0 amide bonds. The zero-order valence-corrected chi connectivity index (χ0v) is 36.8. The van der Waals surface area contributed by atoms with Crippen LogP contribution in [0.4, 0.5) is 0 Å². The van der Waals surface area contributed by atoms with Crippen LogP contribution in [-0.2, 0) is 30.8 Å². The van der Waals surface area contributed by atoms with Crippen molar-refractivity contribution in [2.24, 2.45) is 4.99 Å². The number of rotatable bonds is 11. The molecule has 2 aliphatic rings. The first-order valence-corrected chi connectivity index (χ1v) is 21.0. The zero-order valence-electron chi connectivity index (χ0n) is 30.4. The second-order valence-corrected chi connectivity index (χ2v) is 17.7. The van der Waals surface area contributed by atoms with Gasteiger partial charge in [0.1, 0.15) is 19.7 Å². The smallest absolute Gasteiger partial charge is 0.147 e. The molecule has 1 radical (unpaired) electrons. The van der Waals surface area contributed by atoms with E-state index in [2.05, 4.69) is 84.2 Å². The van der Waals surface area contributed by atoms with Gasteiger partial charge in [0.15, 0.2) is 0 Å². The van der Waals surface area contributed by atoms with E-state index in [4.69, 9.17) is 0 Å². The molecule has 2 aliphatic heterocycles. The first-order valence-electron chi connectivity index (χ1n) is 16.8. The molecule has 9 nitrogen and oxygen atoms in total. The van der Waals surface area contributed by atoms with Crippen LogP contribution in [0.5, 0.6) is 0 Å². The van der Waals surface area contributed by atoms with Crippen LogP contribution in [0, 0.1) is 44.1 Å². The molecule has 49 heavy (non-hydrogen) atoms. The molecule has 0 saturated carbocycles. The summed E-state index contributed by atoms with van der Waals surface area (Å²) in [7, 11) is -2.21. The summed E-state index contributed by atoms with van der Waals surface area (Å²) in [6.07, 6.45) is 8.01. The van der Waals surface area contributed by atoms with Gasteiger partial charge in [0.2, 0.25) is 0 Å². The van der Waals surface area contributed by atoms with E-state index >= 15 is 0 Å². The number of hydrogen-bond acceptors (Lipinski definition) is 8. The molecule has 0 aromatic heterocycles. The second-order valence-electron chi connectivity index (χ2n) is 13.2. The van der Waals surface area contributed by atoms with Crippen molar-refractivity contribution < 1.29 is 66.4 Å². The summed E-state index contributed by atoms with van der Waals surface area (Å²) >= 11 is 0. The maximum Gasteiger partial charge on any atom is 0.147 e. The molecular weight excluding hydrogens is 872 g/mol. The molecule has 2 heterocycles. The maximum atomic E-state index is 11.9. The first-order chi connectivity index (χ1) is 21.7. The van der Waals surface area contributed by atoms with Crippen LogP contribution in [0.3, 0.4) is 0 Å². The van der Waals surface area contributed by atoms with Gasteiger partial charge < -0.3 is 10.8 Å². The Labute approximate surface area is 334 Å². The number of aliphatic imine (C=N–C) groups is 1. The SMILES string of the molecule is C.CCN1C(C)CCC(=NC)C1(CCS(C)(=O)=O)c1ccccc1.CCN1C(C)CCC(NC)C1(CCS(C)(=O)=O)c1ccccc1.O.[Ac]. The van der Waals surface area contributed by atoms with E-state index < -0.39 is 25.2 Å². The average Bonchev–Trinajstić information content (AvgIpc) is 3.03. The van der Waals surface area contributed by atoms with Crippen molar-refractivity contribution in [1.82, 2.24) is 15.1 Å². The van der Waals surface area contributed by atoms with E-state index in [1.54, 1.807) is 0 Å². The van der Waals surface area contributed by atoms with Gasteiger partial charge in [-0.15, -0.1) is 0 Å². The number of likely N-dealkylation sites (tertiary alicyclic amines) is 2. The maximum absolute atomic E-state index is 11.9. The Morgan fingerprint density at radius 2 is 1.24 bits per heavy atom. The molecule has 2 aromatic carbocycles. The van der Waals surface area contributed by atoms with Crippen molar-refractivity contribution in [3.8, 4) is 0 Å². The van der Waals surface area contributed by atoms with Crippen molar-refractivity contribution in [3.05, 3.63) is 71.8 Å². The molecule has 5 atom stereocenters. The van der Waals surface area contributed by atoms with E-state index in [-0.39, 0.29) is 80.1 Å². The standard InChI is InChI=1S/C18H30N2O2S.C18H28N2O2S.CH4.Ac.H2O/c2*1-5-20-15(2)11-12-17(19-3)18(20,13-14-23(4,21)22)16-9-7-6-8-10-16;;;/h6-10,15,17,19H,5,11-14H2,1-4H3;6-10,15H,5,11-14H2,1-4H3;1H4;;1H2. The zero-order chi connectivity index (χ0) is 34.2. The fourth-order valence-electron chi connectivity index (χ4n) is 8.21. The molecule has 2 aromatic rings. The normalized spacial score (nSPS) is 27.1. The minimum atomic E-state index is -3.03.